The highest BCUT2D eigenvalue weighted by Crippen LogP contribution is 2.45. The quantitative estimate of drug-likeness (QED) is 0.232. The number of halogens is 1. The zero-order valence-electron chi connectivity index (χ0n) is 19.8. The Morgan fingerprint density at radius 1 is 1.20 bits per heavy atom. The average molecular weight is 500 g/mol. The molecule has 0 aromatic carbocycles. The van der Waals surface area contributed by atoms with Crippen LogP contribution >= 0.6 is 11.6 Å². The lowest BCUT2D eigenvalue weighted by molar-refractivity contribution is -0.152. The van der Waals surface area contributed by atoms with Crippen molar-refractivity contribution in [3.05, 3.63) is 58.4 Å². The van der Waals surface area contributed by atoms with Crippen molar-refractivity contribution in [2.45, 2.75) is 69.4 Å². The van der Waals surface area contributed by atoms with Crippen LogP contribution in [0.5, 0.6) is 0 Å². The standard InChI is InChI=1S/C27H30ClNO6/c1-2-3-13-33-27(32)29-12-4-5-23(29)26(31)34-18-8-11-19-16(14-18)6-9-21-20-10-7-17(28)15-22(20)25(30)35-24(19)21/h6-7,9-10,14,17-18,21,23H,2-5,8,11-13,15H2,1H3. The molecule has 1 amide bonds. The van der Waals surface area contributed by atoms with Crippen molar-refractivity contribution in [1.29, 1.82) is 0 Å². The Kier molecular flexibility index (Phi) is 6.87. The Morgan fingerprint density at radius 3 is 2.89 bits per heavy atom. The maximum atomic E-state index is 12.9. The minimum absolute atomic E-state index is 0.0971. The van der Waals surface area contributed by atoms with E-state index >= 15 is 0 Å². The van der Waals surface area contributed by atoms with Gasteiger partial charge in [-0.3, -0.25) is 4.90 Å². The van der Waals surface area contributed by atoms with Crippen molar-refractivity contribution in [3.8, 4) is 0 Å². The first-order valence-electron chi connectivity index (χ1n) is 12.5. The number of carbonyl (C=O) groups is 3. The largest absolute Gasteiger partial charge is 0.457 e. The first-order chi connectivity index (χ1) is 17.0. The summed E-state index contributed by atoms with van der Waals surface area (Å²) in [6.45, 7) is 2.89. The molecule has 0 spiro atoms. The summed E-state index contributed by atoms with van der Waals surface area (Å²) >= 11 is 6.21. The van der Waals surface area contributed by atoms with Crippen LogP contribution in [0.25, 0.3) is 0 Å². The second kappa shape index (κ2) is 10.1. The van der Waals surface area contributed by atoms with Crippen molar-refractivity contribution in [3.63, 3.8) is 0 Å². The molecule has 0 N–H and O–H groups in total. The highest BCUT2D eigenvalue weighted by molar-refractivity contribution is 6.22. The van der Waals surface area contributed by atoms with Crippen LogP contribution in [0.4, 0.5) is 4.79 Å². The van der Waals surface area contributed by atoms with Gasteiger partial charge < -0.3 is 14.2 Å². The highest BCUT2D eigenvalue weighted by Gasteiger charge is 2.40. The Balaban J connectivity index is 1.27. The summed E-state index contributed by atoms with van der Waals surface area (Å²) in [6.07, 6.45) is 13.7. The van der Waals surface area contributed by atoms with Gasteiger partial charge >= 0.3 is 18.0 Å². The van der Waals surface area contributed by atoms with E-state index in [0.29, 0.717) is 50.2 Å². The Bertz CT molecular complexity index is 1080. The molecule has 4 unspecified atom stereocenters. The van der Waals surface area contributed by atoms with Crippen molar-refractivity contribution >= 4 is 29.6 Å². The van der Waals surface area contributed by atoms with Crippen LogP contribution in [0.1, 0.15) is 51.9 Å². The average Bonchev–Trinajstić information content (AvgIpc) is 3.34. The molecule has 35 heavy (non-hydrogen) atoms. The van der Waals surface area contributed by atoms with Gasteiger partial charge in [0.15, 0.2) is 0 Å². The number of carbonyl (C=O) groups excluding carboxylic acids is 3. The second-order valence-corrected chi connectivity index (χ2v) is 10.1. The van der Waals surface area contributed by atoms with Gasteiger partial charge in [0.1, 0.15) is 17.9 Å². The number of alkyl halides is 1. The molecule has 2 aliphatic heterocycles. The lowest BCUT2D eigenvalue weighted by Crippen LogP contribution is -2.43. The Labute approximate surface area is 210 Å². The van der Waals surface area contributed by atoms with Gasteiger partial charge in [0.2, 0.25) is 0 Å². The summed E-state index contributed by atoms with van der Waals surface area (Å²) in [7, 11) is 0. The smallest absolute Gasteiger partial charge is 0.410 e. The van der Waals surface area contributed by atoms with Gasteiger partial charge in [-0.25, -0.2) is 14.4 Å². The zero-order chi connectivity index (χ0) is 24.5. The van der Waals surface area contributed by atoms with E-state index in [2.05, 4.69) is 0 Å². The first kappa shape index (κ1) is 23.9. The van der Waals surface area contributed by atoms with Crippen LogP contribution < -0.4 is 0 Å². The first-order valence-corrected chi connectivity index (χ1v) is 12.9. The van der Waals surface area contributed by atoms with Gasteiger partial charge in [-0.1, -0.05) is 37.6 Å². The number of allylic oxidation sites excluding steroid dienone is 6. The van der Waals surface area contributed by atoms with Crippen LogP contribution in [-0.2, 0) is 23.8 Å². The van der Waals surface area contributed by atoms with Crippen molar-refractivity contribution in [1.82, 2.24) is 4.90 Å². The number of likely N-dealkylation sites (tertiary alicyclic amines) is 1. The molecule has 3 aliphatic carbocycles. The zero-order valence-corrected chi connectivity index (χ0v) is 20.6. The topological polar surface area (TPSA) is 82.1 Å². The van der Waals surface area contributed by atoms with Crippen molar-refractivity contribution in [2.24, 2.45) is 5.92 Å². The number of esters is 2. The van der Waals surface area contributed by atoms with E-state index in [1.165, 1.54) is 4.90 Å². The third-order valence-electron chi connectivity index (χ3n) is 7.21. The summed E-state index contributed by atoms with van der Waals surface area (Å²) < 4.78 is 16.9. The molecule has 1 saturated heterocycles. The van der Waals surface area contributed by atoms with Crippen LogP contribution in [0.3, 0.4) is 0 Å². The van der Waals surface area contributed by atoms with Crippen LogP contribution in [-0.4, -0.2) is 53.6 Å². The van der Waals surface area contributed by atoms with Crippen molar-refractivity contribution < 1.29 is 28.6 Å². The molecule has 0 saturated carbocycles. The number of amides is 1. The molecule has 5 rings (SSSR count). The number of ether oxygens (including phenoxy) is 3. The molecule has 4 atom stereocenters. The van der Waals surface area contributed by atoms with Gasteiger partial charge in [-0.15, -0.1) is 11.6 Å². The van der Waals surface area contributed by atoms with Crippen LogP contribution in [0.2, 0.25) is 0 Å². The van der Waals surface area contributed by atoms with Gasteiger partial charge in [0, 0.05) is 12.1 Å². The molecule has 0 radical (unpaired) electrons. The van der Waals surface area contributed by atoms with Gasteiger partial charge in [-0.05, 0) is 61.3 Å². The van der Waals surface area contributed by atoms with Gasteiger partial charge in [0.25, 0.3) is 0 Å². The van der Waals surface area contributed by atoms with E-state index in [1.54, 1.807) is 0 Å². The molecule has 5 aliphatic rings. The molecule has 8 heteroatoms. The molecular formula is C27H30ClNO6. The molecule has 7 nitrogen and oxygen atoms in total. The molecular weight excluding hydrogens is 470 g/mol. The Morgan fingerprint density at radius 2 is 2.06 bits per heavy atom. The third-order valence-corrected chi connectivity index (χ3v) is 7.51. The number of hydrogen-bond acceptors (Lipinski definition) is 6. The lowest BCUT2D eigenvalue weighted by atomic mass is 9.77. The molecule has 0 aromatic heterocycles. The van der Waals surface area contributed by atoms with E-state index in [4.69, 9.17) is 25.8 Å². The highest BCUT2D eigenvalue weighted by atomic mass is 35.5. The summed E-state index contributed by atoms with van der Waals surface area (Å²) in [6, 6.07) is -0.609. The molecule has 186 valence electrons. The SMILES string of the molecule is CCCCOC(=O)N1CCCC1C(=O)OC1C=C2C=CC3C4=C(CC(Cl)C=C4)C(=O)OC3=C2CC1. The fraction of sp³-hybridized carbons (Fsp3) is 0.519. The summed E-state index contributed by atoms with van der Waals surface area (Å²) in [4.78, 5) is 39.5. The van der Waals surface area contributed by atoms with E-state index < -0.39 is 24.2 Å². The maximum absolute atomic E-state index is 12.9. The number of nitrogens with zero attached hydrogens (tertiary/aromatic N) is 1. The number of fused-ring (bicyclic) bond motifs is 3. The normalized spacial score (nSPS) is 29.3. The summed E-state index contributed by atoms with van der Waals surface area (Å²) in [5.74, 6) is -0.154. The fourth-order valence-corrected chi connectivity index (χ4v) is 5.59. The van der Waals surface area contributed by atoms with Gasteiger partial charge in [-0.2, -0.15) is 0 Å². The van der Waals surface area contributed by atoms with E-state index in [0.717, 1.165) is 36.0 Å². The summed E-state index contributed by atoms with van der Waals surface area (Å²) in [5, 5.41) is -0.197. The number of unbranched alkanes of at least 4 members (excludes halogenated alkanes) is 1. The van der Waals surface area contributed by atoms with Crippen LogP contribution in [0, 0.1) is 5.92 Å². The molecule has 1 fully saturated rings. The predicted octanol–water partition coefficient (Wildman–Crippen LogP) is 4.88. The maximum Gasteiger partial charge on any atom is 0.410 e. The monoisotopic (exact) mass is 499 g/mol. The fourth-order valence-electron chi connectivity index (χ4n) is 5.36. The summed E-state index contributed by atoms with van der Waals surface area (Å²) in [5.41, 5.74) is 3.50. The number of rotatable bonds is 5. The van der Waals surface area contributed by atoms with E-state index in [1.807, 2.05) is 37.3 Å². The second-order valence-electron chi connectivity index (χ2n) is 9.54. The molecule has 0 bridgehead atoms. The van der Waals surface area contributed by atoms with Crippen LogP contribution in [0.15, 0.2) is 58.4 Å². The number of hydrogen-bond donors (Lipinski definition) is 0. The molecule has 0 aromatic rings. The van der Waals surface area contributed by atoms with E-state index in [9.17, 15) is 14.4 Å². The van der Waals surface area contributed by atoms with E-state index in [-0.39, 0.29) is 17.3 Å². The van der Waals surface area contributed by atoms with Gasteiger partial charge in [0.05, 0.1) is 17.9 Å². The predicted molar refractivity (Wildman–Crippen MR) is 129 cm³/mol. The van der Waals surface area contributed by atoms with Crippen molar-refractivity contribution in [2.75, 3.05) is 13.2 Å². The Hall–Kier alpha value is -2.80. The third kappa shape index (κ3) is 4.70. The minimum atomic E-state index is -0.609. The molecule has 2 heterocycles. The minimum Gasteiger partial charge on any atom is -0.457 e. The lowest BCUT2D eigenvalue weighted by Gasteiger charge is -2.35.